The summed E-state index contributed by atoms with van der Waals surface area (Å²) >= 11 is 0. The van der Waals surface area contributed by atoms with Crippen molar-refractivity contribution in [3.63, 3.8) is 0 Å². The Bertz CT molecular complexity index is 566. The number of carbonyl (C=O) groups is 1. The molecule has 106 valence electrons. The Morgan fingerprint density at radius 2 is 2.32 bits per heavy atom. The van der Waals surface area contributed by atoms with Crippen LogP contribution in [0.1, 0.15) is 30.3 Å². The van der Waals surface area contributed by atoms with Gasteiger partial charge in [0.15, 0.2) is 0 Å². The molecule has 1 saturated heterocycles. The van der Waals surface area contributed by atoms with Crippen molar-refractivity contribution >= 4 is 15.9 Å². The molecule has 7 nitrogen and oxygen atoms in total. The number of rotatable bonds is 3. The molecule has 1 atom stereocenters. The topological polar surface area (TPSA) is 108 Å². The van der Waals surface area contributed by atoms with Gasteiger partial charge in [0, 0.05) is 19.3 Å². The highest BCUT2D eigenvalue weighted by Gasteiger charge is 2.29. The largest absolute Gasteiger partial charge is 0.356 e. The second-order valence-corrected chi connectivity index (χ2v) is 6.77. The van der Waals surface area contributed by atoms with Gasteiger partial charge in [0.05, 0.1) is 0 Å². The molecule has 8 heteroatoms. The van der Waals surface area contributed by atoms with Crippen LogP contribution in [0.15, 0.2) is 17.2 Å². The maximum atomic E-state index is 12.4. The molecule has 0 radical (unpaired) electrons. The third kappa shape index (κ3) is 2.80. The van der Waals surface area contributed by atoms with Crippen LogP contribution < -0.4 is 11.3 Å². The SMILES string of the molecule is CC1CCCN(S(=O)(=O)c2c[nH]c(C(=O)NN)c2)C1. The van der Waals surface area contributed by atoms with Gasteiger partial charge in [-0.25, -0.2) is 14.3 Å². The number of sulfonamides is 1. The van der Waals surface area contributed by atoms with Gasteiger partial charge in [-0.05, 0) is 24.8 Å². The van der Waals surface area contributed by atoms with Gasteiger partial charge in [0.1, 0.15) is 10.6 Å². The Morgan fingerprint density at radius 1 is 1.58 bits per heavy atom. The lowest BCUT2D eigenvalue weighted by Gasteiger charge is -2.29. The predicted molar refractivity (Wildman–Crippen MR) is 69.6 cm³/mol. The summed E-state index contributed by atoms with van der Waals surface area (Å²) < 4.78 is 26.3. The number of H-pyrrole nitrogens is 1. The molecule has 2 rings (SSSR count). The molecule has 0 spiro atoms. The second kappa shape index (κ2) is 5.32. The number of amides is 1. The molecule has 0 saturated carbocycles. The average Bonchev–Trinajstić information content (AvgIpc) is 2.88. The van der Waals surface area contributed by atoms with E-state index in [-0.39, 0.29) is 10.6 Å². The molecule has 1 fully saturated rings. The first-order chi connectivity index (χ1) is 8.95. The van der Waals surface area contributed by atoms with Gasteiger partial charge in [0.25, 0.3) is 5.91 Å². The number of hydrogen-bond acceptors (Lipinski definition) is 4. The van der Waals surface area contributed by atoms with Crippen molar-refractivity contribution in [1.29, 1.82) is 0 Å². The first-order valence-corrected chi connectivity index (χ1v) is 7.58. The zero-order valence-electron chi connectivity index (χ0n) is 10.7. The lowest BCUT2D eigenvalue weighted by Crippen LogP contribution is -2.38. The number of aromatic nitrogens is 1. The summed E-state index contributed by atoms with van der Waals surface area (Å²) in [4.78, 5) is 14.0. The van der Waals surface area contributed by atoms with Gasteiger partial charge >= 0.3 is 0 Å². The van der Waals surface area contributed by atoms with Crippen LogP contribution in [0.25, 0.3) is 0 Å². The normalized spacial score (nSPS) is 21.3. The summed E-state index contributed by atoms with van der Waals surface area (Å²) in [5.74, 6) is 4.81. The molecule has 0 aliphatic carbocycles. The number of aromatic amines is 1. The van der Waals surface area contributed by atoms with Crippen molar-refractivity contribution in [1.82, 2.24) is 14.7 Å². The van der Waals surface area contributed by atoms with Crippen LogP contribution >= 0.6 is 0 Å². The van der Waals surface area contributed by atoms with E-state index in [1.54, 1.807) is 0 Å². The quantitative estimate of drug-likeness (QED) is 0.414. The molecule has 1 aliphatic rings. The summed E-state index contributed by atoms with van der Waals surface area (Å²) in [5.41, 5.74) is 2.08. The fraction of sp³-hybridized carbons (Fsp3) is 0.545. The molecule has 1 aromatic heterocycles. The summed E-state index contributed by atoms with van der Waals surface area (Å²) in [7, 11) is -3.53. The number of hydrazine groups is 1. The molecule has 1 amide bonds. The summed E-state index contributed by atoms with van der Waals surface area (Å²) in [5, 5.41) is 0. The highest BCUT2D eigenvalue weighted by molar-refractivity contribution is 7.89. The number of piperidine rings is 1. The van der Waals surface area contributed by atoms with E-state index in [2.05, 4.69) is 4.98 Å². The van der Waals surface area contributed by atoms with E-state index >= 15 is 0 Å². The highest BCUT2D eigenvalue weighted by atomic mass is 32.2. The van der Waals surface area contributed by atoms with E-state index in [4.69, 9.17) is 5.84 Å². The first kappa shape index (κ1) is 14.0. The standard InChI is InChI=1S/C11H18N4O3S/c1-8-3-2-4-15(7-8)19(17,18)9-5-10(13-6-9)11(16)14-12/h5-6,8,13H,2-4,7,12H2,1H3,(H,14,16). The molecule has 0 aromatic carbocycles. The number of nitrogen functional groups attached to an aromatic ring is 1. The van der Waals surface area contributed by atoms with Crippen LogP contribution in [0.3, 0.4) is 0 Å². The van der Waals surface area contributed by atoms with Gasteiger partial charge in [0.2, 0.25) is 10.0 Å². The molecule has 2 heterocycles. The Hall–Kier alpha value is -1.38. The van der Waals surface area contributed by atoms with Crippen LogP contribution in [-0.2, 0) is 10.0 Å². The molecule has 1 aliphatic heterocycles. The fourth-order valence-corrected chi connectivity index (χ4v) is 3.84. The molecule has 1 aromatic rings. The minimum atomic E-state index is -3.53. The lowest BCUT2D eigenvalue weighted by atomic mass is 10.0. The smallest absolute Gasteiger partial charge is 0.281 e. The van der Waals surface area contributed by atoms with E-state index in [9.17, 15) is 13.2 Å². The van der Waals surface area contributed by atoms with Crippen molar-refractivity contribution in [3.8, 4) is 0 Å². The Balaban J connectivity index is 2.24. The van der Waals surface area contributed by atoms with Crippen LogP contribution in [-0.4, -0.2) is 36.7 Å². The van der Waals surface area contributed by atoms with Gasteiger partial charge < -0.3 is 4.98 Å². The number of nitrogens with zero attached hydrogens (tertiary/aromatic N) is 1. The van der Waals surface area contributed by atoms with Crippen molar-refractivity contribution in [3.05, 3.63) is 18.0 Å². The maximum Gasteiger partial charge on any atom is 0.281 e. The molecule has 19 heavy (non-hydrogen) atoms. The fourth-order valence-electron chi connectivity index (χ4n) is 2.25. The average molecular weight is 286 g/mol. The Morgan fingerprint density at radius 3 is 2.95 bits per heavy atom. The molecular weight excluding hydrogens is 268 g/mol. The van der Waals surface area contributed by atoms with E-state index in [0.29, 0.717) is 19.0 Å². The predicted octanol–water partition coefficient (Wildman–Crippen LogP) is 0.0388. The van der Waals surface area contributed by atoms with Crippen molar-refractivity contribution < 1.29 is 13.2 Å². The third-order valence-corrected chi connectivity index (χ3v) is 5.13. The van der Waals surface area contributed by atoms with Crippen LogP contribution in [0.2, 0.25) is 0 Å². The second-order valence-electron chi connectivity index (χ2n) is 4.83. The maximum absolute atomic E-state index is 12.4. The number of nitrogens with two attached hydrogens (primary N) is 1. The summed E-state index contributed by atoms with van der Waals surface area (Å²) in [6.07, 6.45) is 3.22. The zero-order chi connectivity index (χ0) is 14.0. The van der Waals surface area contributed by atoms with Gasteiger partial charge in [-0.1, -0.05) is 6.92 Å². The Kier molecular flexibility index (Phi) is 3.93. The van der Waals surface area contributed by atoms with E-state index in [1.807, 2.05) is 12.3 Å². The third-order valence-electron chi connectivity index (χ3n) is 3.29. The monoisotopic (exact) mass is 286 g/mol. The number of hydrogen-bond donors (Lipinski definition) is 3. The summed E-state index contributed by atoms with van der Waals surface area (Å²) in [6.45, 7) is 3.08. The van der Waals surface area contributed by atoms with Gasteiger partial charge in [-0.2, -0.15) is 4.31 Å². The molecule has 1 unspecified atom stereocenters. The van der Waals surface area contributed by atoms with Gasteiger partial charge in [-0.3, -0.25) is 10.2 Å². The minimum absolute atomic E-state index is 0.0974. The number of carbonyl (C=O) groups excluding carboxylic acids is 1. The van der Waals surface area contributed by atoms with Crippen molar-refractivity contribution in [2.24, 2.45) is 11.8 Å². The zero-order valence-corrected chi connectivity index (χ0v) is 11.5. The number of nitrogens with one attached hydrogen (secondary N) is 2. The Labute approximate surface area is 112 Å². The summed E-state index contributed by atoms with van der Waals surface area (Å²) in [6, 6.07) is 1.30. The minimum Gasteiger partial charge on any atom is -0.356 e. The van der Waals surface area contributed by atoms with Crippen LogP contribution in [0, 0.1) is 5.92 Å². The van der Waals surface area contributed by atoms with Crippen LogP contribution in [0.4, 0.5) is 0 Å². The molecule has 0 bridgehead atoms. The van der Waals surface area contributed by atoms with E-state index < -0.39 is 15.9 Å². The highest BCUT2D eigenvalue weighted by Crippen LogP contribution is 2.23. The molecular formula is C11H18N4O3S. The van der Waals surface area contributed by atoms with Gasteiger partial charge in [-0.15, -0.1) is 0 Å². The van der Waals surface area contributed by atoms with E-state index in [0.717, 1.165) is 12.8 Å². The van der Waals surface area contributed by atoms with E-state index in [1.165, 1.54) is 16.6 Å². The van der Waals surface area contributed by atoms with Crippen LogP contribution in [0.5, 0.6) is 0 Å². The van der Waals surface area contributed by atoms with Crippen molar-refractivity contribution in [2.45, 2.75) is 24.7 Å². The first-order valence-electron chi connectivity index (χ1n) is 6.14. The lowest BCUT2D eigenvalue weighted by molar-refractivity contribution is 0.0949. The van der Waals surface area contributed by atoms with Crippen molar-refractivity contribution in [2.75, 3.05) is 13.1 Å². The molecule has 4 N–H and O–H groups in total.